The Morgan fingerprint density at radius 2 is 1.93 bits per heavy atom. The van der Waals surface area contributed by atoms with E-state index in [1.165, 1.54) is 20.0 Å². The van der Waals surface area contributed by atoms with E-state index in [2.05, 4.69) is 20.6 Å². The molecular formula is C16H12F5N5O2. The molecule has 0 unspecified atom stereocenters. The molecule has 2 heterocycles. The minimum Gasteiger partial charge on any atom is -0.339 e. The van der Waals surface area contributed by atoms with Gasteiger partial charge < -0.3 is 9.84 Å². The van der Waals surface area contributed by atoms with Gasteiger partial charge in [-0.25, -0.2) is 8.78 Å². The van der Waals surface area contributed by atoms with Crippen LogP contribution in [0.15, 0.2) is 28.8 Å². The maximum Gasteiger partial charge on any atom is 0.435 e. The SMILES string of the molecule is C[C@@H](NC(=O)c1cc(C(F)(F)F)nn1C)c1nc(-c2ccc(F)c(F)c2)no1. The van der Waals surface area contributed by atoms with Crippen LogP contribution < -0.4 is 5.32 Å². The Hall–Kier alpha value is -3.31. The van der Waals surface area contributed by atoms with Crippen LogP contribution in [0.2, 0.25) is 0 Å². The Labute approximate surface area is 154 Å². The van der Waals surface area contributed by atoms with Crippen molar-refractivity contribution in [3.8, 4) is 11.4 Å². The van der Waals surface area contributed by atoms with Gasteiger partial charge in [-0.1, -0.05) is 5.16 Å². The number of aryl methyl sites for hydroxylation is 1. The molecule has 28 heavy (non-hydrogen) atoms. The Bertz CT molecular complexity index is 1030. The standard InChI is InChI=1S/C16H12F5N5O2/c1-7(22-14(27)11-6-12(16(19,20)21)24-26(11)2)15-23-13(25-28-15)8-3-4-9(17)10(18)5-8/h3-7H,1-2H3,(H,22,27)/t7-/m1/s1. The van der Waals surface area contributed by atoms with Crippen molar-refractivity contribution in [2.24, 2.45) is 7.05 Å². The fourth-order valence-electron chi connectivity index (χ4n) is 2.31. The van der Waals surface area contributed by atoms with Gasteiger partial charge >= 0.3 is 6.18 Å². The van der Waals surface area contributed by atoms with E-state index in [0.29, 0.717) is 6.07 Å². The van der Waals surface area contributed by atoms with Gasteiger partial charge in [0.05, 0.1) is 0 Å². The van der Waals surface area contributed by atoms with Crippen LogP contribution in [-0.4, -0.2) is 25.8 Å². The molecule has 1 aromatic carbocycles. The van der Waals surface area contributed by atoms with Crippen molar-refractivity contribution >= 4 is 5.91 Å². The summed E-state index contributed by atoms with van der Waals surface area (Å²) in [7, 11) is 1.20. The number of alkyl halides is 3. The van der Waals surface area contributed by atoms with Crippen LogP contribution in [0.5, 0.6) is 0 Å². The van der Waals surface area contributed by atoms with E-state index in [1.807, 2.05) is 0 Å². The van der Waals surface area contributed by atoms with Crippen molar-refractivity contribution in [3.63, 3.8) is 0 Å². The van der Waals surface area contributed by atoms with E-state index in [0.717, 1.165) is 16.8 Å². The first-order valence-corrected chi connectivity index (χ1v) is 7.77. The number of rotatable bonds is 4. The number of hydrogen-bond donors (Lipinski definition) is 1. The zero-order valence-electron chi connectivity index (χ0n) is 14.4. The van der Waals surface area contributed by atoms with Gasteiger partial charge in [0, 0.05) is 18.7 Å². The normalized spacial score (nSPS) is 12.8. The Morgan fingerprint density at radius 1 is 1.21 bits per heavy atom. The number of halogens is 5. The predicted molar refractivity (Wildman–Crippen MR) is 83.7 cm³/mol. The van der Waals surface area contributed by atoms with E-state index in [9.17, 15) is 26.7 Å². The number of benzene rings is 1. The number of carbonyl (C=O) groups is 1. The van der Waals surface area contributed by atoms with E-state index < -0.39 is 35.5 Å². The maximum absolute atomic E-state index is 13.3. The average Bonchev–Trinajstić information content (AvgIpc) is 3.24. The topological polar surface area (TPSA) is 85.8 Å². The lowest BCUT2D eigenvalue weighted by atomic mass is 10.2. The van der Waals surface area contributed by atoms with E-state index in [-0.39, 0.29) is 23.0 Å². The molecule has 1 N–H and O–H groups in total. The number of carbonyl (C=O) groups excluding carboxylic acids is 1. The molecule has 3 aromatic rings. The van der Waals surface area contributed by atoms with Crippen molar-refractivity contribution in [1.29, 1.82) is 0 Å². The Kier molecular flexibility index (Phi) is 4.87. The van der Waals surface area contributed by atoms with Gasteiger partial charge in [0.1, 0.15) is 11.7 Å². The second-order valence-corrected chi connectivity index (χ2v) is 5.82. The minimum absolute atomic E-state index is 0.0464. The summed E-state index contributed by atoms with van der Waals surface area (Å²) in [6.45, 7) is 1.46. The highest BCUT2D eigenvalue weighted by Gasteiger charge is 2.35. The second kappa shape index (κ2) is 7.02. The van der Waals surface area contributed by atoms with Gasteiger partial charge in [0.15, 0.2) is 17.3 Å². The summed E-state index contributed by atoms with van der Waals surface area (Å²) >= 11 is 0. The summed E-state index contributed by atoms with van der Waals surface area (Å²) < 4.78 is 70.2. The highest BCUT2D eigenvalue weighted by Crippen LogP contribution is 2.28. The van der Waals surface area contributed by atoms with Gasteiger partial charge in [-0.15, -0.1) is 0 Å². The lowest BCUT2D eigenvalue weighted by molar-refractivity contribution is -0.141. The molecule has 0 aliphatic rings. The molecule has 1 atom stereocenters. The van der Waals surface area contributed by atoms with Gasteiger partial charge in [-0.05, 0) is 25.1 Å². The number of amides is 1. The lowest BCUT2D eigenvalue weighted by Crippen LogP contribution is -2.28. The van der Waals surface area contributed by atoms with Gasteiger partial charge in [0.25, 0.3) is 5.91 Å². The highest BCUT2D eigenvalue weighted by atomic mass is 19.4. The fraction of sp³-hybridized carbons (Fsp3) is 0.250. The zero-order valence-corrected chi connectivity index (χ0v) is 14.4. The number of nitrogens with zero attached hydrogens (tertiary/aromatic N) is 4. The van der Waals surface area contributed by atoms with Crippen LogP contribution in [0.25, 0.3) is 11.4 Å². The van der Waals surface area contributed by atoms with Gasteiger partial charge in [-0.3, -0.25) is 9.48 Å². The smallest absolute Gasteiger partial charge is 0.339 e. The molecule has 2 aromatic heterocycles. The molecular weight excluding hydrogens is 389 g/mol. The molecule has 0 aliphatic heterocycles. The van der Waals surface area contributed by atoms with E-state index in [1.54, 1.807) is 0 Å². The molecule has 7 nitrogen and oxygen atoms in total. The predicted octanol–water partition coefficient (Wildman–Crippen LogP) is 3.26. The molecule has 0 saturated heterocycles. The van der Waals surface area contributed by atoms with Crippen LogP contribution in [0.4, 0.5) is 22.0 Å². The summed E-state index contributed by atoms with van der Waals surface area (Å²) in [5.74, 6) is -3.10. The molecule has 0 bridgehead atoms. The van der Waals surface area contributed by atoms with E-state index in [4.69, 9.17) is 4.52 Å². The molecule has 3 rings (SSSR count). The number of nitrogens with one attached hydrogen (secondary N) is 1. The van der Waals surface area contributed by atoms with Gasteiger partial charge in [-0.2, -0.15) is 23.3 Å². The molecule has 12 heteroatoms. The number of hydrogen-bond acceptors (Lipinski definition) is 5. The maximum atomic E-state index is 13.3. The minimum atomic E-state index is -4.69. The first-order chi connectivity index (χ1) is 13.1. The summed E-state index contributed by atoms with van der Waals surface area (Å²) in [5, 5.41) is 9.28. The quantitative estimate of drug-likeness (QED) is 0.679. The first-order valence-electron chi connectivity index (χ1n) is 7.77. The van der Waals surface area contributed by atoms with Crippen molar-refractivity contribution in [3.05, 3.63) is 53.2 Å². The second-order valence-electron chi connectivity index (χ2n) is 5.82. The van der Waals surface area contributed by atoms with Crippen LogP contribution in [0.1, 0.15) is 35.0 Å². The third kappa shape index (κ3) is 3.85. The van der Waals surface area contributed by atoms with Crippen LogP contribution in [-0.2, 0) is 13.2 Å². The Morgan fingerprint density at radius 3 is 2.54 bits per heavy atom. The summed E-state index contributed by atoms with van der Waals surface area (Å²) in [6, 6.07) is 2.75. The fourth-order valence-corrected chi connectivity index (χ4v) is 2.31. The van der Waals surface area contributed by atoms with Gasteiger partial charge in [0.2, 0.25) is 11.7 Å². The average molecular weight is 401 g/mol. The van der Waals surface area contributed by atoms with Crippen molar-refractivity contribution < 1.29 is 31.3 Å². The lowest BCUT2D eigenvalue weighted by Gasteiger charge is -2.09. The third-order valence-corrected chi connectivity index (χ3v) is 3.74. The van der Waals surface area contributed by atoms with Crippen molar-refractivity contribution in [2.45, 2.75) is 19.1 Å². The van der Waals surface area contributed by atoms with Crippen LogP contribution in [0, 0.1) is 11.6 Å². The molecule has 0 fully saturated rings. The molecule has 148 valence electrons. The van der Waals surface area contributed by atoms with Crippen molar-refractivity contribution in [1.82, 2.24) is 25.2 Å². The van der Waals surface area contributed by atoms with E-state index >= 15 is 0 Å². The summed E-state index contributed by atoms with van der Waals surface area (Å²) in [6.07, 6.45) is -4.69. The summed E-state index contributed by atoms with van der Waals surface area (Å²) in [4.78, 5) is 16.2. The molecule has 0 radical (unpaired) electrons. The van der Waals surface area contributed by atoms with Crippen LogP contribution >= 0.6 is 0 Å². The third-order valence-electron chi connectivity index (χ3n) is 3.74. The Balaban J connectivity index is 1.76. The van der Waals surface area contributed by atoms with Crippen molar-refractivity contribution in [2.75, 3.05) is 0 Å². The van der Waals surface area contributed by atoms with Crippen LogP contribution in [0.3, 0.4) is 0 Å². The number of aromatic nitrogens is 4. The monoisotopic (exact) mass is 401 g/mol. The molecule has 0 aliphatic carbocycles. The highest BCUT2D eigenvalue weighted by molar-refractivity contribution is 5.92. The zero-order chi connectivity index (χ0) is 20.6. The molecule has 1 amide bonds. The largest absolute Gasteiger partial charge is 0.435 e. The molecule has 0 saturated carbocycles. The first kappa shape index (κ1) is 19.5. The molecule has 0 spiro atoms. The summed E-state index contributed by atoms with van der Waals surface area (Å²) in [5.41, 5.74) is -1.38.